The molecule has 0 aliphatic rings. The molecule has 7 aromatic rings. The van der Waals surface area contributed by atoms with Crippen molar-refractivity contribution in [1.82, 2.24) is 25.2 Å². The van der Waals surface area contributed by atoms with Crippen molar-refractivity contribution in [1.29, 1.82) is 0 Å². The molecule has 6 heteroatoms. The average molecular weight is 628 g/mol. The van der Waals surface area contributed by atoms with Gasteiger partial charge in [0.2, 0.25) is 0 Å². The molecule has 0 unspecified atom stereocenters. The fraction of sp³-hybridized carbons (Fsp3) is 0.143. The summed E-state index contributed by atoms with van der Waals surface area (Å²) in [6.45, 7) is 4.71. The maximum Gasteiger partial charge on any atom is 0.184 e. The summed E-state index contributed by atoms with van der Waals surface area (Å²) in [5.41, 5.74) is 8.58. The Morgan fingerprint density at radius 2 is 1.08 bits per heavy atom. The molecule has 0 fully saturated rings. The van der Waals surface area contributed by atoms with E-state index in [2.05, 4.69) is 139 Å². The minimum atomic E-state index is -0.834. The van der Waals surface area contributed by atoms with E-state index in [0.717, 1.165) is 68.9 Å². The van der Waals surface area contributed by atoms with Crippen LogP contribution >= 0.6 is 0 Å². The van der Waals surface area contributed by atoms with Crippen molar-refractivity contribution in [2.75, 3.05) is 0 Å². The molecule has 0 radical (unpaired) electrons. The highest BCUT2D eigenvalue weighted by Crippen LogP contribution is 2.43. The van der Waals surface area contributed by atoms with E-state index in [9.17, 15) is 0 Å². The Balaban J connectivity index is 1.30. The molecule has 236 valence electrons. The number of hydrogen-bond acceptors (Lipinski definition) is 5. The summed E-state index contributed by atoms with van der Waals surface area (Å²) < 4.78 is 8.20. The Bertz CT molecular complexity index is 1970. The van der Waals surface area contributed by atoms with Crippen LogP contribution in [0, 0.1) is 0 Å². The summed E-state index contributed by atoms with van der Waals surface area (Å²) in [6.07, 6.45) is 1.76. The minimum Gasteiger partial charge on any atom is -0.489 e. The summed E-state index contributed by atoms with van der Waals surface area (Å²) in [4.78, 5) is 4.68. The standard InChI is InChI=1S/C42H37N5O/c1-3-36-28-38(29-37(4-2)43-36)48-30-31-24-26-32(27-25-31)39-22-14-15-23-40(39)41-44-45-46-47(41)42(33-16-8-5-9-17-33,34-18-10-6-11-19-34)35-20-12-7-13-21-35/h5-29H,3-4,30H2,1-2H3. The number of tetrazole rings is 1. The first-order valence-electron chi connectivity index (χ1n) is 16.5. The van der Waals surface area contributed by atoms with Crippen LogP contribution in [0.25, 0.3) is 22.5 Å². The van der Waals surface area contributed by atoms with E-state index in [1.54, 1.807) is 0 Å². The van der Waals surface area contributed by atoms with E-state index >= 15 is 0 Å². The second kappa shape index (κ2) is 13.9. The van der Waals surface area contributed by atoms with Crippen LogP contribution in [0.5, 0.6) is 5.75 Å². The summed E-state index contributed by atoms with van der Waals surface area (Å²) in [6, 6.07) is 52.4. The minimum absolute atomic E-state index is 0.476. The monoisotopic (exact) mass is 627 g/mol. The summed E-state index contributed by atoms with van der Waals surface area (Å²) in [5.74, 6) is 1.53. The predicted molar refractivity (Wildman–Crippen MR) is 191 cm³/mol. The van der Waals surface area contributed by atoms with E-state index < -0.39 is 5.54 Å². The third-order valence-electron chi connectivity index (χ3n) is 8.83. The molecule has 7 rings (SSSR count). The largest absolute Gasteiger partial charge is 0.489 e. The Morgan fingerprint density at radius 3 is 1.60 bits per heavy atom. The first kappa shape index (κ1) is 30.8. The molecule has 0 aliphatic carbocycles. The third-order valence-corrected chi connectivity index (χ3v) is 8.83. The predicted octanol–water partition coefficient (Wildman–Crippen LogP) is 8.95. The highest BCUT2D eigenvalue weighted by molar-refractivity contribution is 5.81. The van der Waals surface area contributed by atoms with Crippen molar-refractivity contribution in [2.24, 2.45) is 0 Å². The van der Waals surface area contributed by atoms with Crippen LogP contribution in [0.1, 0.15) is 47.5 Å². The molecule has 0 aliphatic heterocycles. The zero-order valence-corrected chi connectivity index (χ0v) is 27.2. The van der Waals surface area contributed by atoms with Crippen molar-refractivity contribution in [3.8, 4) is 28.3 Å². The van der Waals surface area contributed by atoms with Crippen molar-refractivity contribution < 1.29 is 4.74 Å². The maximum atomic E-state index is 6.21. The van der Waals surface area contributed by atoms with E-state index in [-0.39, 0.29) is 0 Å². The van der Waals surface area contributed by atoms with Gasteiger partial charge in [-0.15, -0.1) is 5.10 Å². The Hall–Kier alpha value is -5.88. The van der Waals surface area contributed by atoms with Crippen LogP contribution < -0.4 is 4.74 Å². The number of pyridine rings is 1. The van der Waals surface area contributed by atoms with Gasteiger partial charge in [-0.3, -0.25) is 4.98 Å². The van der Waals surface area contributed by atoms with Crippen molar-refractivity contribution in [3.63, 3.8) is 0 Å². The van der Waals surface area contributed by atoms with Gasteiger partial charge in [0, 0.05) is 29.1 Å². The van der Waals surface area contributed by atoms with Gasteiger partial charge in [0.1, 0.15) is 17.9 Å². The van der Waals surface area contributed by atoms with E-state index in [4.69, 9.17) is 15.0 Å². The van der Waals surface area contributed by atoms with Crippen LogP contribution in [-0.2, 0) is 25.0 Å². The molecular weight excluding hydrogens is 590 g/mol. The Kier molecular flexibility index (Phi) is 8.88. The highest BCUT2D eigenvalue weighted by Gasteiger charge is 2.42. The van der Waals surface area contributed by atoms with Crippen molar-refractivity contribution in [3.05, 3.63) is 185 Å². The number of aromatic nitrogens is 5. The molecule has 0 atom stereocenters. The lowest BCUT2D eigenvalue weighted by atomic mass is 9.77. The fourth-order valence-corrected chi connectivity index (χ4v) is 6.43. The molecule has 5 aromatic carbocycles. The number of rotatable bonds is 11. The first-order valence-corrected chi connectivity index (χ1v) is 16.5. The number of ether oxygens (including phenoxy) is 1. The van der Waals surface area contributed by atoms with Crippen molar-refractivity contribution in [2.45, 2.75) is 38.8 Å². The van der Waals surface area contributed by atoms with Gasteiger partial charge in [-0.05, 0) is 56.6 Å². The van der Waals surface area contributed by atoms with Gasteiger partial charge in [0.15, 0.2) is 5.82 Å². The van der Waals surface area contributed by atoms with Crippen LogP contribution in [0.15, 0.2) is 152 Å². The van der Waals surface area contributed by atoms with Gasteiger partial charge >= 0.3 is 0 Å². The van der Waals surface area contributed by atoms with E-state index in [0.29, 0.717) is 12.4 Å². The number of nitrogens with zero attached hydrogens (tertiary/aromatic N) is 5. The zero-order chi connectivity index (χ0) is 32.8. The lowest BCUT2D eigenvalue weighted by Gasteiger charge is -2.36. The topological polar surface area (TPSA) is 65.7 Å². The summed E-state index contributed by atoms with van der Waals surface area (Å²) in [7, 11) is 0. The molecule has 0 bridgehead atoms. The van der Waals surface area contributed by atoms with Crippen LogP contribution in [0.4, 0.5) is 0 Å². The lowest BCUT2D eigenvalue weighted by Crippen LogP contribution is -2.39. The summed E-state index contributed by atoms with van der Waals surface area (Å²) >= 11 is 0. The van der Waals surface area contributed by atoms with Gasteiger partial charge in [0.25, 0.3) is 0 Å². The van der Waals surface area contributed by atoms with Gasteiger partial charge in [-0.25, -0.2) is 4.68 Å². The molecule has 0 N–H and O–H groups in total. The van der Waals surface area contributed by atoms with Crippen LogP contribution in [-0.4, -0.2) is 25.2 Å². The zero-order valence-electron chi connectivity index (χ0n) is 27.2. The highest BCUT2D eigenvalue weighted by atomic mass is 16.5. The fourth-order valence-electron chi connectivity index (χ4n) is 6.43. The normalized spacial score (nSPS) is 11.4. The number of hydrogen-bond donors (Lipinski definition) is 0. The molecule has 0 saturated carbocycles. The smallest absolute Gasteiger partial charge is 0.184 e. The van der Waals surface area contributed by atoms with Gasteiger partial charge in [0.05, 0.1) is 0 Å². The molecule has 6 nitrogen and oxygen atoms in total. The van der Waals surface area contributed by atoms with Gasteiger partial charge < -0.3 is 4.74 Å². The molecule has 48 heavy (non-hydrogen) atoms. The van der Waals surface area contributed by atoms with E-state index in [1.807, 2.05) is 41.1 Å². The average Bonchev–Trinajstić information content (AvgIpc) is 3.66. The number of aryl methyl sites for hydroxylation is 2. The molecule has 0 amide bonds. The number of benzene rings is 5. The second-order valence-corrected chi connectivity index (χ2v) is 11.7. The Labute approximate surface area is 281 Å². The lowest BCUT2D eigenvalue weighted by molar-refractivity contribution is 0.305. The van der Waals surface area contributed by atoms with E-state index in [1.165, 1.54) is 0 Å². The first-order chi connectivity index (χ1) is 23.7. The molecule has 2 heterocycles. The van der Waals surface area contributed by atoms with Gasteiger partial charge in [-0.1, -0.05) is 153 Å². The quantitative estimate of drug-likeness (QED) is 0.134. The molecular formula is C42H37N5O. The van der Waals surface area contributed by atoms with Crippen LogP contribution in [0.2, 0.25) is 0 Å². The molecule has 0 spiro atoms. The molecule has 2 aromatic heterocycles. The SMILES string of the molecule is CCc1cc(OCc2ccc(-c3ccccc3-c3nnnn3C(c3ccccc3)(c3ccccc3)c3ccccc3)cc2)cc(CC)n1. The maximum absolute atomic E-state index is 6.21. The second-order valence-electron chi connectivity index (χ2n) is 11.7. The van der Waals surface area contributed by atoms with Crippen molar-refractivity contribution >= 4 is 0 Å². The molecule has 0 saturated heterocycles. The van der Waals surface area contributed by atoms with Gasteiger partial charge in [-0.2, -0.15) is 0 Å². The summed E-state index contributed by atoms with van der Waals surface area (Å²) in [5, 5.41) is 13.8. The third kappa shape index (κ3) is 5.89. The van der Waals surface area contributed by atoms with Crippen LogP contribution in [0.3, 0.4) is 0 Å². The Morgan fingerprint density at radius 1 is 0.583 bits per heavy atom.